The van der Waals surface area contributed by atoms with E-state index in [-0.39, 0.29) is 25.0 Å². The molecule has 0 bridgehead atoms. The Morgan fingerprint density at radius 2 is 2.26 bits per heavy atom. The first-order valence-corrected chi connectivity index (χ1v) is 6.35. The summed E-state index contributed by atoms with van der Waals surface area (Å²) in [5.41, 5.74) is 5.13. The minimum atomic E-state index is -2.50. The zero-order valence-electron chi connectivity index (χ0n) is 11.4. The molecule has 1 saturated heterocycles. The van der Waals surface area contributed by atoms with E-state index in [0.717, 1.165) is 0 Å². The Morgan fingerprint density at radius 3 is 2.84 bits per heavy atom. The van der Waals surface area contributed by atoms with Crippen LogP contribution < -0.4 is 5.73 Å². The van der Waals surface area contributed by atoms with Crippen molar-refractivity contribution >= 4 is 5.91 Å². The van der Waals surface area contributed by atoms with Crippen molar-refractivity contribution in [3.8, 4) is 0 Å². The standard InChI is InChI=1S/C12H22F2N2O3/c1-12(2)8-16(6-9(5-15)19-12)11(17)3-4-18-7-10(13)14/h9-10H,3-8,15H2,1-2H3. The summed E-state index contributed by atoms with van der Waals surface area (Å²) in [7, 11) is 0. The summed E-state index contributed by atoms with van der Waals surface area (Å²) in [6.07, 6.45) is -2.59. The zero-order chi connectivity index (χ0) is 14.5. The molecule has 0 aromatic heterocycles. The van der Waals surface area contributed by atoms with Gasteiger partial charge in [0.1, 0.15) is 6.61 Å². The third-order valence-electron chi connectivity index (χ3n) is 2.80. The van der Waals surface area contributed by atoms with Gasteiger partial charge in [-0.1, -0.05) is 0 Å². The summed E-state index contributed by atoms with van der Waals surface area (Å²) in [6.45, 7) is 4.41. The summed E-state index contributed by atoms with van der Waals surface area (Å²) in [6, 6.07) is 0. The van der Waals surface area contributed by atoms with Crippen LogP contribution in [0.1, 0.15) is 20.3 Å². The Hall–Kier alpha value is -0.790. The third-order valence-corrected chi connectivity index (χ3v) is 2.80. The highest BCUT2D eigenvalue weighted by atomic mass is 19.3. The summed E-state index contributed by atoms with van der Waals surface area (Å²) < 4.78 is 34.1. The number of amides is 1. The molecule has 7 heteroatoms. The average Bonchev–Trinajstić information content (AvgIpc) is 2.32. The minimum Gasteiger partial charge on any atom is -0.375 e. The molecule has 0 aliphatic carbocycles. The molecular weight excluding hydrogens is 258 g/mol. The summed E-state index contributed by atoms with van der Waals surface area (Å²) in [5, 5.41) is 0. The number of hydrogen-bond donors (Lipinski definition) is 1. The first kappa shape index (κ1) is 16.3. The van der Waals surface area contributed by atoms with Crippen LogP contribution in [0.3, 0.4) is 0 Å². The third kappa shape index (κ3) is 5.80. The number of ether oxygens (including phenoxy) is 2. The van der Waals surface area contributed by atoms with Gasteiger partial charge in [-0.25, -0.2) is 8.78 Å². The highest BCUT2D eigenvalue weighted by molar-refractivity contribution is 5.76. The van der Waals surface area contributed by atoms with Gasteiger partial charge in [-0.05, 0) is 13.8 Å². The van der Waals surface area contributed by atoms with Crippen molar-refractivity contribution in [3.63, 3.8) is 0 Å². The monoisotopic (exact) mass is 280 g/mol. The molecule has 1 fully saturated rings. The molecule has 1 unspecified atom stereocenters. The fourth-order valence-corrected chi connectivity index (χ4v) is 2.10. The van der Waals surface area contributed by atoms with Gasteiger partial charge in [0.15, 0.2) is 0 Å². The zero-order valence-corrected chi connectivity index (χ0v) is 11.4. The number of nitrogens with two attached hydrogens (primary N) is 1. The van der Waals surface area contributed by atoms with Gasteiger partial charge in [0.2, 0.25) is 5.91 Å². The largest absolute Gasteiger partial charge is 0.375 e. The van der Waals surface area contributed by atoms with E-state index in [9.17, 15) is 13.6 Å². The molecule has 1 rings (SSSR count). The number of halogens is 2. The molecule has 0 aromatic rings. The Kier molecular flexibility index (Phi) is 6.09. The van der Waals surface area contributed by atoms with Gasteiger partial charge in [-0.2, -0.15) is 0 Å². The molecule has 0 saturated carbocycles. The Balaban J connectivity index is 2.38. The van der Waals surface area contributed by atoms with E-state index >= 15 is 0 Å². The van der Waals surface area contributed by atoms with Crippen LogP contribution in [-0.2, 0) is 14.3 Å². The van der Waals surface area contributed by atoms with Gasteiger partial charge < -0.3 is 20.1 Å². The topological polar surface area (TPSA) is 64.8 Å². The minimum absolute atomic E-state index is 0.00819. The Morgan fingerprint density at radius 1 is 1.58 bits per heavy atom. The van der Waals surface area contributed by atoms with Gasteiger partial charge in [-0.15, -0.1) is 0 Å². The number of hydrogen-bond acceptors (Lipinski definition) is 4. The number of rotatable bonds is 6. The van der Waals surface area contributed by atoms with Gasteiger partial charge in [-0.3, -0.25) is 4.79 Å². The van der Waals surface area contributed by atoms with Crippen LogP contribution in [0.4, 0.5) is 8.78 Å². The molecule has 0 aromatic carbocycles. The van der Waals surface area contributed by atoms with Gasteiger partial charge >= 0.3 is 0 Å². The lowest BCUT2D eigenvalue weighted by molar-refractivity contribution is -0.160. The lowest BCUT2D eigenvalue weighted by Crippen LogP contribution is -2.56. The molecule has 112 valence electrons. The van der Waals surface area contributed by atoms with Crippen molar-refractivity contribution < 1.29 is 23.0 Å². The van der Waals surface area contributed by atoms with Crippen LogP contribution in [0.15, 0.2) is 0 Å². The van der Waals surface area contributed by atoms with Crippen LogP contribution in [0.25, 0.3) is 0 Å². The van der Waals surface area contributed by atoms with Crippen molar-refractivity contribution in [1.82, 2.24) is 4.90 Å². The fraction of sp³-hybridized carbons (Fsp3) is 0.917. The van der Waals surface area contributed by atoms with Crippen molar-refractivity contribution in [3.05, 3.63) is 0 Å². The van der Waals surface area contributed by atoms with Gasteiger partial charge in [0, 0.05) is 19.6 Å². The highest BCUT2D eigenvalue weighted by Gasteiger charge is 2.34. The summed E-state index contributed by atoms with van der Waals surface area (Å²) in [4.78, 5) is 13.6. The average molecular weight is 280 g/mol. The first-order valence-electron chi connectivity index (χ1n) is 6.35. The molecule has 0 radical (unpaired) electrons. The van der Waals surface area contributed by atoms with E-state index < -0.39 is 18.6 Å². The van der Waals surface area contributed by atoms with E-state index in [4.69, 9.17) is 15.2 Å². The normalized spacial score (nSPS) is 22.8. The summed E-state index contributed by atoms with van der Waals surface area (Å²) >= 11 is 0. The van der Waals surface area contributed by atoms with Crippen LogP contribution in [0.2, 0.25) is 0 Å². The van der Waals surface area contributed by atoms with Crippen LogP contribution >= 0.6 is 0 Å². The van der Waals surface area contributed by atoms with E-state index in [0.29, 0.717) is 19.6 Å². The number of nitrogens with zero attached hydrogens (tertiary/aromatic N) is 1. The van der Waals surface area contributed by atoms with E-state index in [2.05, 4.69) is 0 Å². The number of carbonyl (C=O) groups is 1. The first-order chi connectivity index (χ1) is 8.84. The molecule has 1 amide bonds. The molecule has 1 atom stereocenters. The maximum absolute atomic E-state index is 12.0. The Labute approximate surface area is 112 Å². The van der Waals surface area contributed by atoms with Crippen LogP contribution in [0.5, 0.6) is 0 Å². The molecule has 1 aliphatic heterocycles. The summed E-state index contributed by atoms with van der Waals surface area (Å²) in [5.74, 6) is -0.121. The lowest BCUT2D eigenvalue weighted by Gasteiger charge is -2.42. The second kappa shape index (κ2) is 7.12. The predicted octanol–water partition coefficient (Wildman–Crippen LogP) is 0.623. The predicted molar refractivity (Wildman–Crippen MR) is 66.0 cm³/mol. The number of carbonyl (C=O) groups excluding carboxylic acids is 1. The maximum Gasteiger partial charge on any atom is 0.261 e. The van der Waals surface area contributed by atoms with Crippen molar-refractivity contribution in [2.24, 2.45) is 5.73 Å². The molecular formula is C12H22F2N2O3. The molecule has 5 nitrogen and oxygen atoms in total. The Bertz CT molecular complexity index is 301. The van der Waals surface area contributed by atoms with Crippen molar-refractivity contribution in [2.45, 2.75) is 38.4 Å². The molecule has 0 spiro atoms. The van der Waals surface area contributed by atoms with Gasteiger partial charge in [0.25, 0.3) is 6.43 Å². The number of alkyl halides is 2. The highest BCUT2D eigenvalue weighted by Crippen LogP contribution is 2.21. The maximum atomic E-state index is 12.0. The SMILES string of the molecule is CC1(C)CN(C(=O)CCOCC(F)F)CC(CN)O1. The molecule has 2 N–H and O–H groups in total. The van der Waals surface area contributed by atoms with Crippen molar-refractivity contribution in [1.29, 1.82) is 0 Å². The van der Waals surface area contributed by atoms with E-state index in [1.165, 1.54) is 0 Å². The fourth-order valence-electron chi connectivity index (χ4n) is 2.10. The van der Waals surface area contributed by atoms with E-state index in [1.807, 2.05) is 13.8 Å². The van der Waals surface area contributed by atoms with Gasteiger partial charge in [0.05, 0.1) is 24.7 Å². The van der Waals surface area contributed by atoms with Crippen LogP contribution in [0, 0.1) is 0 Å². The number of morpholine rings is 1. The lowest BCUT2D eigenvalue weighted by atomic mass is 10.0. The van der Waals surface area contributed by atoms with E-state index in [1.54, 1.807) is 4.90 Å². The second-order valence-corrected chi connectivity index (χ2v) is 5.23. The van der Waals surface area contributed by atoms with Crippen LogP contribution in [-0.4, -0.2) is 61.8 Å². The molecule has 1 aliphatic rings. The molecule has 1 heterocycles. The smallest absolute Gasteiger partial charge is 0.261 e. The van der Waals surface area contributed by atoms with Crippen molar-refractivity contribution in [2.75, 3.05) is 32.8 Å². The second-order valence-electron chi connectivity index (χ2n) is 5.23. The quantitative estimate of drug-likeness (QED) is 0.725. The molecule has 19 heavy (non-hydrogen) atoms.